The first-order valence-corrected chi connectivity index (χ1v) is 11.4. The molecule has 0 unspecified atom stereocenters. The van der Waals surface area contributed by atoms with Gasteiger partial charge in [-0.15, -0.1) is 10.6 Å². The van der Waals surface area contributed by atoms with Crippen LogP contribution < -0.4 is 26.7 Å². The Labute approximate surface area is 195 Å². The summed E-state index contributed by atoms with van der Waals surface area (Å²) in [7, 11) is 0. The number of hydrazone groups is 1. The van der Waals surface area contributed by atoms with E-state index in [1.54, 1.807) is 0 Å². The quantitative estimate of drug-likeness (QED) is 0.375. The zero-order valence-corrected chi connectivity index (χ0v) is 19.9. The fourth-order valence-electron chi connectivity index (χ4n) is 4.06. The van der Waals surface area contributed by atoms with Crippen LogP contribution in [0.15, 0.2) is 58.2 Å². The van der Waals surface area contributed by atoms with Crippen molar-refractivity contribution in [3.63, 3.8) is 0 Å². The molecule has 2 aromatic carbocycles. The van der Waals surface area contributed by atoms with Crippen LogP contribution in [0.1, 0.15) is 39.0 Å². The summed E-state index contributed by atoms with van der Waals surface area (Å²) in [6.07, 6.45) is 0. The number of nitrogens with one attached hydrogen (secondary N) is 4. The van der Waals surface area contributed by atoms with Gasteiger partial charge in [0.2, 0.25) is 0 Å². The van der Waals surface area contributed by atoms with E-state index in [-0.39, 0.29) is 0 Å². The SMILES string of the molecule is Cc1cc(Nc2cc(-c3ccccc3C3=NNNN3)ccc2N(CC(C)C)CC(C)C)no1. The molecular weight excluding hydrogens is 414 g/mol. The highest BCUT2D eigenvalue weighted by Crippen LogP contribution is 2.35. The van der Waals surface area contributed by atoms with Crippen LogP contribution in [-0.4, -0.2) is 24.1 Å². The lowest BCUT2D eigenvalue weighted by Crippen LogP contribution is -2.35. The summed E-state index contributed by atoms with van der Waals surface area (Å²) in [6.45, 7) is 12.9. The molecule has 1 aliphatic rings. The van der Waals surface area contributed by atoms with Gasteiger partial charge in [0, 0.05) is 24.7 Å². The monoisotopic (exact) mass is 447 g/mol. The van der Waals surface area contributed by atoms with E-state index in [0.29, 0.717) is 17.7 Å². The van der Waals surface area contributed by atoms with Gasteiger partial charge in [0.25, 0.3) is 0 Å². The second-order valence-electron chi connectivity index (χ2n) is 9.24. The van der Waals surface area contributed by atoms with Crippen molar-refractivity contribution in [1.82, 2.24) is 21.7 Å². The third-order valence-electron chi connectivity index (χ3n) is 5.30. The molecule has 0 amide bonds. The van der Waals surface area contributed by atoms with Gasteiger partial charge in [0.15, 0.2) is 11.7 Å². The van der Waals surface area contributed by atoms with Gasteiger partial charge in [0.1, 0.15) is 5.76 Å². The Hall–Kier alpha value is -3.52. The molecule has 174 valence electrons. The molecule has 8 nitrogen and oxygen atoms in total. The number of aryl methyl sites for hydroxylation is 1. The van der Waals surface area contributed by atoms with Gasteiger partial charge in [0.05, 0.1) is 11.4 Å². The molecule has 0 saturated heterocycles. The molecule has 8 heteroatoms. The Morgan fingerprint density at radius 3 is 2.30 bits per heavy atom. The van der Waals surface area contributed by atoms with Crippen LogP contribution in [-0.2, 0) is 0 Å². The predicted molar refractivity (Wildman–Crippen MR) is 134 cm³/mol. The number of benzene rings is 2. The Bertz CT molecular complexity index is 1110. The summed E-state index contributed by atoms with van der Waals surface area (Å²) in [5.74, 6) is 3.30. The molecule has 3 aromatic rings. The average molecular weight is 448 g/mol. The van der Waals surface area contributed by atoms with E-state index < -0.39 is 0 Å². The molecule has 0 atom stereocenters. The summed E-state index contributed by atoms with van der Waals surface area (Å²) >= 11 is 0. The van der Waals surface area contributed by atoms with Crippen molar-refractivity contribution < 1.29 is 4.52 Å². The van der Waals surface area contributed by atoms with E-state index in [0.717, 1.165) is 52.8 Å². The molecule has 4 rings (SSSR count). The number of hydrogen-bond donors (Lipinski definition) is 4. The minimum Gasteiger partial charge on any atom is -0.369 e. The topological polar surface area (TPSA) is 89.8 Å². The van der Waals surface area contributed by atoms with Crippen LogP contribution in [0.25, 0.3) is 11.1 Å². The number of hydrogen-bond acceptors (Lipinski definition) is 8. The highest BCUT2D eigenvalue weighted by molar-refractivity contribution is 6.05. The van der Waals surface area contributed by atoms with E-state index in [4.69, 9.17) is 4.52 Å². The van der Waals surface area contributed by atoms with Gasteiger partial charge in [-0.1, -0.05) is 63.2 Å². The summed E-state index contributed by atoms with van der Waals surface area (Å²) in [5, 5.41) is 12.0. The van der Waals surface area contributed by atoms with E-state index in [9.17, 15) is 0 Å². The molecule has 1 aromatic heterocycles. The lowest BCUT2D eigenvalue weighted by atomic mass is 9.97. The maximum absolute atomic E-state index is 5.30. The molecular formula is C25H33N7O. The summed E-state index contributed by atoms with van der Waals surface area (Å²) < 4.78 is 5.30. The van der Waals surface area contributed by atoms with Gasteiger partial charge in [-0.05, 0) is 42.0 Å². The van der Waals surface area contributed by atoms with Crippen molar-refractivity contribution in [3.8, 4) is 11.1 Å². The predicted octanol–water partition coefficient (Wildman–Crippen LogP) is 4.79. The van der Waals surface area contributed by atoms with Crippen LogP contribution in [0.4, 0.5) is 17.2 Å². The summed E-state index contributed by atoms with van der Waals surface area (Å²) in [4.78, 5) is 2.46. The Kier molecular flexibility index (Phi) is 6.84. The number of anilines is 3. The van der Waals surface area contributed by atoms with Crippen LogP contribution >= 0.6 is 0 Å². The van der Waals surface area contributed by atoms with Crippen molar-refractivity contribution in [1.29, 1.82) is 0 Å². The van der Waals surface area contributed by atoms with Crippen molar-refractivity contribution in [2.45, 2.75) is 34.6 Å². The fourth-order valence-corrected chi connectivity index (χ4v) is 4.06. The van der Waals surface area contributed by atoms with Gasteiger partial charge < -0.3 is 14.7 Å². The first kappa shape index (κ1) is 22.7. The zero-order chi connectivity index (χ0) is 23.4. The molecule has 0 fully saturated rings. The minimum absolute atomic E-state index is 0.540. The summed E-state index contributed by atoms with van der Waals surface area (Å²) in [6, 6.07) is 16.7. The third-order valence-corrected chi connectivity index (χ3v) is 5.30. The van der Waals surface area contributed by atoms with E-state index >= 15 is 0 Å². The molecule has 0 bridgehead atoms. The maximum Gasteiger partial charge on any atom is 0.174 e. The molecule has 0 spiro atoms. The van der Waals surface area contributed by atoms with Gasteiger partial charge >= 0.3 is 0 Å². The van der Waals surface area contributed by atoms with E-state index in [1.807, 2.05) is 25.1 Å². The smallest absolute Gasteiger partial charge is 0.174 e. The molecule has 4 N–H and O–H groups in total. The van der Waals surface area contributed by atoms with Crippen LogP contribution in [0.2, 0.25) is 0 Å². The van der Waals surface area contributed by atoms with Crippen LogP contribution in [0.3, 0.4) is 0 Å². The second-order valence-corrected chi connectivity index (χ2v) is 9.24. The molecule has 33 heavy (non-hydrogen) atoms. The average Bonchev–Trinajstić information content (AvgIpc) is 3.45. The second kappa shape index (κ2) is 9.95. The van der Waals surface area contributed by atoms with Crippen LogP contribution in [0, 0.1) is 18.8 Å². The first-order valence-electron chi connectivity index (χ1n) is 11.4. The fraction of sp³-hybridized carbons (Fsp3) is 0.360. The number of hydrazine groups is 2. The summed E-state index contributed by atoms with van der Waals surface area (Å²) in [5.41, 5.74) is 13.9. The lowest BCUT2D eigenvalue weighted by Gasteiger charge is -2.31. The molecule has 0 radical (unpaired) electrons. The molecule has 2 heterocycles. The van der Waals surface area contributed by atoms with E-state index in [2.05, 4.69) is 95.0 Å². The van der Waals surface area contributed by atoms with Crippen molar-refractivity contribution >= 4 is 23.0 Å². The third kappa shape index (κ3) is 5.46. The van der Waals surface area contributed by atoms with Crippen LogP contribution in [0.5, 0.6) is 0 Å². The normalized spacial score (nSPS) is 13.1. The number of rotatable bonds is 9. The van der Waals surface area contributed by atoms with Gasteiger partial charge in [-0.2, -0.15) is 0 Å². The minimum atomic E-state index is 0.540. The Morgan fingerprint density at radius 1 is 0.970 bits per heavy atom. The number of aromatic nitrogens is 1. The highest BCUT2D eigenvalue weighted by Gasteiger charge is 2.19. The first-order chi connectivity index (χ1) is 15.9. The van der Waals surface area contributed by atoms with E-state index in [1.165, 1.54) is 0 Å². The Morgan fingerprint density at radius 2 is 1.70 bits per heavy atom. The van der Waals surface area contributed by atoms with Crippen molar-refractivity contribution in [2.24, 2.45) is 16.9 Å². The molecule has 0 aliphatic carbocycles. The maximum atomic E-state index is 5.30. The molecule has 0 saturated carbocycles. The number of amidine groups is 1. The standard InChI is InChI=1S/C25H33N7O/c1-16(2)14-32(15-17(3)4)23-11-10-19(13-22(23)26-24-12-18(5)33-29-24)20-8-6-7-9-21(20)25-27-30-31-28-25/h6-13,16-17,30-31H,14-15H2,1-5H3,(H,26,29)(H,27,28). The highest BCUT2D eigenvalue weighted by atomic mass is 16.5. The zero-order valence-electron chi connectivity index (χ0n) is 19.9. The molecule has 1 aliphatic heterocycles. The van der Waals surface area contributed by atoms with Crippen molar-refractivity contribution in [3.05, 3.63) is 59.9 Å². The van der Waals surface area contributed by atoms with Gasteiger partial charge in [-0.25, -0.2) is 5.53 Å². The Balaban J connectivity index is 1.79. The van der Waals surface area contributed by atoms with Gasteiger partial charge in [-0.3, -0.25) is 5.43 Å². The largest absolute Gasteiger partial charge is 0.369 e. The lowest BCUT2D eigenvalue weighted by molar-refractivity contribution is 0.400. The van der Waals surface area contributed by atoms with Crippen molar-refractivity contribution in [2.75, 3.05) is 23.3 Å². The number of nitrogens with zero attached hydrogens (tertiary/aromatic N) is 3.